The van der Waals surface area contributed by atoms with Crippen LogP contribution in [0, 0.1) is 5.92 Å². The monoisotopic (exact) mass is 327 g/mol. The first-order valence-corrected chi connectivity index (χ1v) is 9.18. The van der Waals surface area contributed by atoms with Crippen molar-refractivity contribution in [2.45, 2.75) is 19.9 Å². The zero-order chi connectivity index (χ0) is 16.9. The summed E-state index contributed by atoms with van der Waals surface area (Å²) in [6.45, 7) is 4.19. The molecule has 22 heavy (non-hydrogen) atoms. The fraction of sp³-hybridized carbons (Fsp3) is 0.625. The SMILES string of the molecule is CC(C)CS(=O)(=O)NC[C@@H](c1ccc(N(C)C)cc1)N(C)C. The highest BCUT2D eigenvalue weighted by Crippen LogP contribution is 2.21. The van der Waals surface area contributed by atoms with E-state index >= 15 is 0 Å². The molecule has 0 bridgehead atoms. The molecule has 0 aliphatic heterocycles. The summed E-state index contributed by atoms with van der Waals surface area (Å²) >= 11 is 0. The predicted octanol–water partition coefficient (Wildman–Crippen LogP) is 1.93. The van der Waals surface area contributed by atoms with Gasteiger partial charge in [0.15, 0.2) is 0 Å². The Labute approximate surface area is 135 Å². The minimum Gasteiger partial charge on any atom is -0.378 e. The van der Waals surface area contributed by atoms with E-state index < -0.39 is 10.0 Å². The van der Waals surface area contributed by atoms with E-state index in [1.165, 1.54) is 0 Å². The fourth-order valence-corrected chi connectivity index (χ4v) is 3.70. The minimum absolute atomic E-state index is 0.0122. The molecule has 1 N–H and O–H groups in total. The lowest BCUT2D eigenvalue weighted by molar-refractivity contribution is 0.299. The van der Waals surface area contributed by atoms with Gasteiger partial charge in [-0.3, -0.25) is 0 Å². The van der Waals surface area contributed by atoms with Crippen molar-refractivity contribution in [2.24, 2.45) is 5.92 Å². The Morgan fingerprint density at radius 3 is 2.00 bits per heavy atom. The molecule has 0 saturated carbocycles. The number of anilines is 1. The van der Waals surface area contributed by atoms with Gasteiger partial charge in [-0.05, 0) is 37.7 Å². The van der Waals surface area contributed by atoms with E-state index in [0.717, 1.165) is 11.3 Å². The lowest BCUT2D eigenvalue weighted by Crippen LogP contribution is -2.36. The van der Waals surface area contributed by atoms with Crippen LogP contribution in [0.2, 0.25) is 0 Å². The van der Waals surface area contributed by atoms with Crippen molar-refractivity contribution < 1.29 is 8.42 Å². The maximum Gasteiger partial charge on any atom is 0.211 e. The number of rotatable bonds is 8. The molecule has 1 rings (SSSR count). The topological polar surface area (TPSA) is 52.7 Å². The first-order valence-electron chi connectivity index (χ1n) is 7.53. The third-order valence-electron chi connectivity index (χ3n) is 3.47. The second-order valence-corrected chi connectivity index (χ2v) is 8.34. The maximum atomic E-state index is 12.0. The van der Waals surface area contributed by atoms with Crippen LogP contribution < -0.4 is 9.62 Å². The van der Waals surface area contributed by atoms with E-state index in [1.807, 2.05) is 51.8 Å². The summed E-state index contributed by atoms with van der Waals surface area (Å²) in [6, 6.07) is 8.22. The van der Waals surface area contributed by atoms with Crippen LogP contribution in [0.3, 0.4) is 0 Å². The van der Waals surface area contributed by atoms with Gasteiger partial charge in [0.2, 0.25) is 10.0 Å². The van der Waals surface area contributed by atoms with Crippen molar-refractivity contribution in [1.29, 1.82) is 0 Å². The van der Waals surface area contributed by atoms with Crippen LogP contribution in [0.15, 0.2) is 24.3 Å². The summed E-state index contributed by atoms with van der Waals surface area (Å²) in [6.07, 6.45) is 0. The van der Waals surface area contributed by atoms with Crippen molar-refractivity contribution in [3.05, 3.63) is 29.8 Å². The van der Waals surface area contributed by atoms with Crippen LogP contribution in [-0.4, -0.2) is 53.8 Å². The molecule has 0 unspecified atom stereocenters. The molecule has 0 heterocycles. The van der Waals surface area contributed by atoms with E-state index in [4.69, 9.17) is 0 Å². The number of nitrogens with one attached hydrogen (secondary N) is 1. The maximum absolute atomic E-state index is 12.0. The molecule has 6 heteroatoms. The summed E-state index contributed by atoms with van der Waals surface area (Å²) < 4.78 is 26.7. The van der Waals surface area contributed by atoms with Gasteiger partial charge in [-0.15, -0.1) is 0 Å². The van der Waals surface area contributed by atoms with Gasteiger partial charge in [-0.2, -0.15) is 0 Å². The summed E-state index contributed by atoms with van der Waals surface area (Å²) in [5.41, 5.74) is 2.23. The molecule has 1 aromatic rings. The molecule has 0 aliphatic rings. The number of nitrogens with zero attached hydrogens (tertiary/aromatic N) is 2. The Balaban J connectivity index is 2.82. The van der Waals surface area contributed by atoms with Crippen LogP contribution in [0.1, 0.15) is 25.5 Å². The Bertz CT molecular complexity index is 551. The Hall–Kier alpha value is -1.11. The van der Waals surface area contributed by atoms with Gasteiger partial charge in [0.05, 0.1) is 5.75 Å². The average Bonchev–Trinajstić information content (AvgIpc) is 2.37. The Morgan fingerprint density at radius 1 is 1.05 bits per heavy atom. The van der Waals surface area contributed by atoms with Gasteiger partial charge in [-0.25, -0.2) is 13.1 Å². The summed E-state index contributed by atoms with van der Waals surface area (Å²) in [4.78, 5) is 4.07. The highest BCUT2D eigenvalue weighted by molar-refractivity contribution is 7.89. The van der Waals surface area contributed by atoms with Crippen molar-refractivity contribution in [2.75, 3.05) is 45.4 Å². The molecule has 0 fully saturated rings. The predicted molar refractivity (Wildman–Crippen MR) is 93.8 cm³/mol. The third kappa shape index (κ3) is 5.94. The van der Waals surface area contributed by atoms with Crippen molar-refractivity contribution >= 4 is 15.7 Å². The van der Waals surface area contributed by atoms with Crippen LogP contribution in [0.4, 0.5) is 5.69 Å². The Kier molecular flexibility index (Phi) is 6.84. The van der Waals surface area contributed by atoms with Gasteiger partial charge in [0.1, 0.15) is 0 Å². The zero-order valence-corrected chi connectivity index (χ0v) is 15.3. The summed E-state index contributed by atoms with van der Waals surface area (Å²) in [7, 11) is 4.69. The molecule has 5 nitrogen and oxygen atoms in total. The first kappa shape index (κ1) is 18.9. The third-order valence-corrected chi connectivity index (χ3v) is 5.18. The quantitative estimate of drug-likeness (QED) is 0.793. The highest BCUT2D eigenvalue weighted by atomic mass is 32.2. The molecule has 126 valence electrons. The van der Waals surface area contributed by atoms with Gasteiger partial charge < -0.3 is 9.80 Å². The second-order valence-electron chi connectivity index (χ2n) is 6.49. The van der Waals surface area contributed by atoms with E-state index in [-0.39, 0.29) is 17.7 Å². The second kappa shape index (κ2) is 7.94. The number of hydrogen-bond donors (Lipinski definition) is 1. The lowest BCUT2D eigenvalue weighted by atomic mass is 10.1. The molecule has 1 atom stereocenters. The zero-order valence-electron chi connectivity index (χ0n) is 14.5. The fourth-order valence-electron chi connectivity index (χ4n) is 2.30. The van der Waals surface area contributed by atoms with Gasteiger partial charge in [0.25, 0.3) is 0 Å². The molecule has 1 aromatic carbocycles. The molecule has 0 radical (unpaired) electrons. The first-order chi connectivity index (χ1) is 10.1. The van der Waals surface area contributed by atoms with Crippen LogP contribution in [0.25, 0.3) is 0 Å². The number of sulfonamides is 1. The van der Waals surface area contributed by atoms with Gasteiger partial charge >= 0.3 is 0 Å². The summed E-state index contributed by atoms with van der Waals surface area (Å²) in [5.74, 6) is 0.280. The molecule has 0 spiro atoms. The standard InChI is InChI=1S/C16H29N3O2S/c1-13(2)12-22(20,21)17-11-16(19(5)6)14-7-9-15(10-8-14)18(3)4/h7-10,13,16-17H,11-12H2,1-6H3/t16-/m0/s1. The average molecular weight is 327 g/mol. The molecule has 0 saturated heterocycles. The largest absolute Gasteiger partial charge is 0.378 e. The Morgan fingerprint density at radius 2 is 1.59 bits per heavy atom. The highest BCUT2D eigenvalue weighted by Gasteiger charge is 2.19. The number of likely N-dealkylation sites (N-methyl/N-ethyl adjacent to an activating group) is 1. The summed E-state index contributed by atoms with van der Waals surface area (Å²) in [5, 5.41) is 0. The van der Waals surface area contributed by atoms with Gasteiger partial charge in [0, 0.05) is 32.4 Å². The van der Waals surface area contributed by atoms with E-state index in [9.17, 15) is 8.42 Å². The van der Waals surface area contributed by atoms with E-state index in [1.54, 1.807) is 0 Å². The van der Waals surface area contributed by atoms with Crippen molar-refractivity contribution in [1.82, 2.24) is 9.62 Å². The minimum atomic E-state index is -3.22. The smallest absolute Gasteiger partial charge is 0.211 e. The van der Waals surface area contributed by atoms with Crippen molar-refractivity contribution in [3.63, 3.8) is 0 Å². The van der Waals surface area contributed by atoms with E-state index in [2.05, 4.69) is 29.0 Å². The van der Waals surface area contributed by atoms with Crippen molar-refractivity contribution in [3.8, 4) is 0 Å². The van der Waals surface area contributed by atoms with E-state index in [0.29, 0.717) is 6.54 Å². The molecular weight excluding hydrogens is 298 g/mol. The normalized spacial score (nSPS) is 13.6. The van der Waals surface area contributed by atoms with Gasteiger partial charge in [-0.1, -0.05) is 26.0 Å². The molecule has 0 aromatic heterocycles. The molecule has 0 aliphatic carbocycles. The van der Waals surface area contributed by atoms with Crippen LogP contribution >= 0.6 is 0 Å². The lowest BCUT2D eigenvalue weighted by Gasteiger charge is -2.26. The number of hydrogen-bond acceptors (Lipinski definition) is 4. The number of benzene rings is 1. The van der Waals surface area contributed by atoms with Crippen LogP contribution in [-0.2, 0) is 10.0 Å². The molecular formula is C16H29N3O2S. The van der Waals surface area contributed by atoms with Crippen LogP contribution in [0.5, 0.6) is 0 Å². The molecule has 0 amide bonds.